The largest absolute Gasteiger partial charge is 0.479 e. The van der Waals surface area contributed by atoms with E-state index in [4.69, 9.17) is 10.2 Å². The fourth-order valence-corrected chi connectivity index (χ4v) is 1.17. The summed E-state index contributed by atoms with van der Waals surface area (Å²) in [5.41, 5.74) is 0.768. The van der Waals surface area contributed by atoms with Crippen LogP contribution in [0.25, 0.3) is 0 Å². The molecule has 0 fully saturated rings. The van der Waals surface area contributed by atoms with Crippen LogP contribution >= 0.6 is 0 Å². The van der Waals surface area contributed by atoms with E-state index in [1.165, 1.54) is 6.08 Å². The lowest BCUT2D eigenvalue weighted by Crippen LogP contribution is -2.40. The molecule has 0 spiro atoms. The van der Waals surface area contributed by atoms with Crippen LogP contribution in [0.5, 0.6) is 0 Å². The first-order valence-electron chi connectivity index (χ1n) is 3.42. The Kier molecular flexibility index (Phi) is 2.03. The van der Waals surface area contributed by atoms with Gasteiger partial charge in [-0.1, -0.05) is 11.6 Å². The minimum atomic E-state index is -1.20. The number of hydrogen-bond donors (Lipinski definition) is 2. The van der Waals surface area contributed by atoms with E-state index >= 15 is 0 Å². The summed E-state index contributed by atoms with van der Waals surface area (Å²) in [6, 6.07) is -1.01. The van der Waals surface area contributed by atoms with Gasteiger partial charge in [-0.15, -0.1) is 0 Å². The molecular weight excluding hydrogens is 162 g/mol. The Morgan fingerprint density at radius 3 is 2.50 bits per heavy atom. The quantitative estimate of drug-likeness (QED) is 0.559. The van der Waals surface area contributed by atoms with Crippen LogP contribution in [0.15, 0.2) is 11.6 Å². The van der Waals surface area contributed by atoms with Gasteiger partial charge < -0.3 is 10.2 Å². The molecule has 0 aromatic rings. The molecule has 0 saturated heterocycles. The lowest BCUT2D eigenvalue weighted by atomic mass is 10.2. The van der Waals surface area contributed by atoms with Crippen molar-refractivity contribution in [2.75, 3.05) is 6.54 Å². The van der Waals surface area contributed by atoms with Crippen molar-refractivity contribution in [3.63, 3.8) is 0 Å². The average Bonchev–Trinajstić information content (AvgIpc) is 2.31. The topological polar surface area (TPSA) is 77.8 Å². The van der Waals surface area contributed by atoms with Crippen molar-refractivity contribution in [1.82, 2.24) is 4.90 Å². The lowest BCUT2D eigenvalue weighted by molar-refractivity contribution is -0.140. The molecule has 1 rings (SSSR count). The third-order valence-electron chi connectivity index (χ3n) is 1.70. The third kappa shape index (κ3) is 1.39. The number of rotatable bonds is 1. The summed E-state index contributed by atoms with van der Waals surface area (Å²) < 4.78 is 0. The molecule has 12 heavy (non-hydrogen) atoms. The Hall–Kier alpha value is -1.52. The highest BCUT2D eigenvalue weighted by Crippen LogP contribution is 2.15. The third-order valence-corrected chi connectivity index (χ3v) is 1.70. The zero-order valence-electron chi connectivity index (χ0n) is 6.52. The van der Waals surface area contributed by atoms with Crippen molar-refractivity contribution in [1.29, 1.82) is 0 Å². The SMILES string of the molecule is CC1=C[C@@H](C(=O)O)N(C(=O)O)C1. The van der Waals surface area contributed by atoms with E-state index in [1.54, 1.807) is 6.92 Å². The predicted molar refractivity (Wildman–Crippen MR) is 39.9 cm³/mol. The van der Waals surface area contributed by atoms with Crippen LogP contribution in [-0.4, -0.2) is 39.8 Å². The summed E-state index contributed by atoms with van der Waals surface area (Å²) in [5.74, 6) is -1.13. The monoisotopic (exact) mass is 171 g/mol. The van der Waals surface area contributed by atoms with Crippen LogP contribution in [0.1, 0.15) is 6.92 Å². The number of amides is 1. The van der Waals surface area contributed by atoms with Gasteiger partial charge in [-0.2, -0.15) is 0 Å². The first-order valence-corrected chi connectivity index (χ1v) is 3.42. The Morgan fingerprint density at radius 1 is 1.58 bits per heavy atom. The Labute approximate surface area is 68.9 Å². The van der Waals surface area contributed by atoms with Crippen LogP contribution in [0.3, 0.4) is 0 Å². The summed E-state index contributed by atoms with van der Waals surface area (Å²) in [4.78, 5) is 21.9. The first-order chi connectivity index (χ1) is 5.52. The maximum absolute atomic E-state index is 10.5. The molecule has 5 nitrogen and oxygen atoms in total. The minimum absolute atomic E-state index is 0.187. The number of hydrogen-bond acceptors (Lipinski definition) is 2. The van der Waals surface area contributed by atoms with E-state index in [1.807, 2.05) is 0 Å². The molecule has 0 unspecified atom stereocenters. The van der Waals surface area contributed by atoms with Crippen molar-refractivity contribution in [3.8, 4) is 0 Å². The lowest BCUT2D eigenvalue weighted by Gasteiger charge is -2.16. The van der Waals surface area contributed by atoms with Gasteiger partial charge in [0.1, 0.15) is 0 Å². The molecule has 0 bridgehead atoms. The zero-order chi connectivity index (χ0) is 9.30. The molecule has 66 valence electrons. The van der Waals surface area contributed by atoms with Crippen molar-refractivity contribution in [2.45, 2.75) is 13.0 Å². The summed E-state index contributed by atoms with van der Waals surface area (Å²) in [6.45, 7) is 1.89. The van der Waals surface area contributed by atoms with Crippen LogP contribution in [0, 0.1) is 0 Å². The Morgan fingerprint density at radius 2 is 2.17 bits per heavy atom. The molecule has 0 aromatic heterocycles. The number of aliphatic carboxylic acids is 1. The molecule has 0 saturated carbocycles. The van der Waals surface area contributed by atoms with Gasteiger partial charge in [0, 0.05) is 6.54 Å². The van der Waals surface area contributed by atoms with E-state index in [9.17, 15) is 9.59 Å². The van der Waals surface area contributed by atoms with Gasteiger partial charge in [0.25, 0.3) is 0 Å². The second kappa shape index (κ2) is 2.84. The summed E-state index contributed by atoms with van der Waals surface area (Å²) >= 11 is 0. The maximum Gasteiger partial charge on any atom is 0.408 e. The molecule has 0 radical (unpaired) electrons. The van der Waals surface area contributed by atoms with E-state index < -0.39 is 18.1 Å². The predicted octanol–water partition coefficient (Wildman–Crippen LogP) is 0.380. The summed E-state index contributed by atoms with van der Waals surface area (Å²) in [7, 11) is 0. The molecular formula is C7H9NO4. The fraction of sp³-hybridized carbons (Fsp3) is 0.429. The van der Waals surface area contributed by atoms with E-state index in [0.29, 0.717) is 0 Å². The average molecular weight is 171 g/mol. The van der Waals surface area contributed by atoms with Crippen molar-refractivity contribution < 1.29 is 19.8 Å². The number of nitrogens with zero attached hydrogens (tertiary/aromatic N) is 1. The maximum atomic E-state index is 10.5. The number of carboxylic acids is 1. The Balaban J connectivity index is 2.81. The molecule has 0 aromatic carbocycles. The van der Waals surface area contributed by atoms with Crippen LogP contribution in [0.4, 0.5) is 4.79 Å². The fourth-order valence-electron chi connectivity index (χ4n) is 1.17. The number of carboxylic acid groups (broad SMARTS) is 2. The molecule has 1 atom stereocenters. The van der Waals surface area contributed by atoms with Gasteiger partial charge in [-0.05, 0) is 6.92 Å². The molecule has 1 heterocycles. The van der Waals surface area contributed by atoms with Crippen molar-refractivity contribution >= 4 is 12.1 Å². The Bertz CT molecular complexity index is 258. The second-order valence-electron chi connectivity index (χ2n) is 2.71. The normalized spacial score (nSPS) is 22.2. The molecule has 1 amide bonds. The molecule has 0 aliphatic carbocycles. The first kappa shape index (κ1) is 8.58. The van der Waals surface area contributed by atoms with E-state index in [0.717, 1.165) is 10.5 Å². The van der Waals surface area contributed by atoms with Crippen LogP contribution in [-0.2, 0) is 4.79 Å². The zero-order valence-corrected chi connectivity index (χ0v) is 6.52. The standard InChI is InChI=1S/C7H9NO4/c1-4-2-5(6(9)10)8(3-4)7(11)12/h2,5H,3H2,1H3,(H,9,10)(H,11,12)/t5-/m0/s1. The van der Waals surface area contributed by atoms with Gasteiger partial charge in [-0.25, -0.2) is 9.59 Å². The smallest absolute Gasteiger partial charge is 0.408 e. The second-order valence-corrected chi connectivity index (χ2v) is 2.71. The van der Waals surface area contributed by atoms with Gasteiger partial charge in [0.05, 0.1) is 0 Å². The molecule has 1 aliphatic rings. The highest BCUT2D eigenvalue weighted by atomic mass is 16.4. The van der Waals surface area contributed by atoms with E-state index in [2.05, 4.69) is 0 Å². The number of carbonyl (C=O) groups is 2. The molecule has 2 N–H and O–H groups in total. The van der Waals surface area contributed by atoms with Gasteiger partial charge in [-0.3, -0.25) is 4.90 Å². The minimum Gasteiger partial charge on any atom is -0.479 e. The van der Waals surface area contributed by atoms with Crippen molar-refractivity contribution in [2.24, 2.45) is 0 Å². The summed E-state index contributed by atoms with van der Waals surface area (Å²) in [5, 5.41) is 17.2. The summed E-state index contributed by atoms with van der Waals surface area (Å²) in [6.07, 6.45) is 0.242. The van der Waals surface area contributed by atoms with Crippen molar-refractivity contribution in [3.05, 3.63) is 11.6 Å². The van der Waals surface area contributed by atoms with E-state index in [-0.39, 0.29) is 6.54 Å². The highest BCUT2D eigenvalue weighted by molar-refractivity contribution is 5.82. The highest BCUT2D eigenvalue weighted by Gasteiger charge is 2.32. The van der Waals surface area contributed by atoms with Gasteiger partial charge in [0.2, 0.25) is 0 Å². The van der Waals surface area contributed by atoms with Crippen LogP contribution in [0.2, 0.25) is 0 Å². The molecule has 1 aliphatic heterocycles. The van der Waals surface area contributed by atoms with Gasteiger partial charge in [0.15, 0.2) is 6.04 Å². The molecule has 5 heteroatoms. The van der Waals surface area contributed by atoms with Gasteiger partial charge >= 0.3 is 12.1 Å². The van der Waals surface area contributed by atoms with Crippen LogP contribution < -0.4 is 0 Å².